The van der Waals surface area contributed by atoms with Gasteiger partial charge in [0.25, 0.3) is 0 Å². The summed E-state index contributed by atoms with van der Waals surface area (Å²) in [5.41, 5.74) is 3.00. The predicted molar refractivity (Wildman–Crippen MR) is 80.9 cm³/mol. The molecule has 0 unspecified atom stereocenters. The number of anilines is 1. The maximum atomic E-state index is 12.1. The molecule has 2 amide bonds. The number of halogens is 3. The number of ether oxygens (including phenoxy) is 1. The Bertz CT molecular complexity index is 626. The van der Waals surface area contributed by atoms with E-state index in [4.69, 9.17) is 11.6 Å². The van der Waals surface area contributed by atoms with Crippen molar-refractivity contribution in [2.75, 3.05) is 11.9 Å². The molecule has 1 aromatic heterocycles. The fourth-order valence-electron chi connectivity index (χ4n) is 1.61. The van der Waals surface area contributed by atoms with E-state index in [-0.39, 0.29) is 10.8 Å². The van der Waals surface area contributed by atoms with Crippen LogP contribution in [0.5, 0.6) is 5.75 Å². The van der Waals surface area contributed by atoms with E-state index in [0.717, 1.165) is 5.69 Å². The monoisotopic (exact) mass is 347 g/mol. The van der Waals surface area contributed by atoms with Crippen LogP contribution in [0, 0.1) is 0 Å². The highest BCUT2D eigenvalue weighted by Gasteiger charge is 2.10. The predicted octanol–water partition coefficient (Wildman–Crippen LogP) is 3.76. The summed E-state index contributed by atoms with van der Waals surface area (Å²) in [4.78, 5) is 15.8. The van der Waals surface area contributed by atoms with Crippen LogP contribution >= 0.6 is 22.9 Å². The van der Waals surface area contributed by atoms with E-state index in [0.29, 0.717) is 18.7 Å². The Balaban J connectivity index is 1.82. The molecule has 0 saturated carbocycles. The van der Waals surface area contributed by atoms with Gasteiger partial charge < -0.3 is 15.4 Å². The lowest BCUT2D eigenvalue weighted by molar-refractivity contribution is -0.0497. The van der Waals surface area contributed by atoms with Gasteiger partial charge in [0.15, 0.2) is 0 Å². The molecule has 0 fully saturated rings. The molecule has 0 radical (unpaired) electrons. The number of hydrogen-bond donors (Lipinski definition) is 2. The average molecular weight is 348 g/mol. The van der Waals surface area contributed by atoms with Crippen LogP contribution in [0.4, 0.5) is 19.3 Å². The number of hydrogen-bond acceptors (Lipinski definition) is 4. The number of carbonyl (C=O) groups excluding carboxylic acids is 1. The van der Waals surface area contributed by atoms with Crippen LogP contribution in [-0.4, -0.2) is 24.2 Å². The van der Waals surface area contributed by atoms with Gasteiger partial charge in [-0.25, -0.2) is 9.78 Å². The number of rotatable bonds is 6. The van der Waals surface area contributed by atoms with Crippen molar-refractivity contribution in [1.82, 2.24) is 10.3 Å². The lowest BCUT2D eigenvalue weighted by Crippen LogP contribution is -2.30. The second-order valence-electron chi connectivity index (χ2n) is 4.13. The normalized spacial score (nSPS) is 10.5. The van der Waals surface area contributed by atoms with Gasteiger partial charge in [-0.05, 0) is 18.2 Å². The first-order valence-corrected chi connectivity index (χ1v) is 7.53. The third kappa shape index (κ3) is 5.12. The fraction of sp³-hybridized carbons (Fsp3) is 0.231. The van der Waals surface area contributed by atoms with Gasteiger partial charge >= 0.3 is 12.6 Å². The summed E-state index contributed by atoms with van der Waals surface area (Å²) in [6, 6.07) is 3.59. The smallest absolute Gasteiger partial charge is 0.387 e. The highest BCUT2D eigenvalue weighted by Crippen LogP contribution is 2.28. The van der Waals surface area contributed by atoms with Crippen molar-refractivity contribution in [3.05, 3.63) is 39.8 Å². The molecule has 2 N–H and O–H groups in total. The Labute approximate surface area is 134 Å². The lowest BCUT2D eigenvalue weighted by atomic mass is 10.3. The zero-order valence-electron chi connectivity index (χ0n) is 11.2. The summed E-state index contributed by atoms with van der Waals surface area (Å²) in [5.74, 6) is -0.147. The minimum atomic E-state index is -2.95. The van der Waals surface area contributed by atoms with Crippen molar-refractivity contribution in [3.8, 4) is 5.75 Å². The third-order valence-corrected chi connectivity index (χ3v) is 3.49. The van der Waals surface area contributed by atoms with E-state index in [1.54, 1.807) is 5.51 Å². The summed E-state index contributed by atoms with van der Waals surface area (Å²) < 4.78 is 28.4. The number of benzene rings is 1. The number of nitrogens with one attached hydrogen (secondary N) is 2. The Morgan fingerprint density at radius 3 is 2.91 bits per heavy atom. The van der Waals surface area contributed by atoms with Gasteiger partial charge in [0.1, 0.15) is 5.75 Å². The molecule has 1 aromatic carbocycles. The zero-order valence-corrected chi connectivity index (χ0v) is 12.8. The number of aromatic nitrogens is 1. The minimum absolute atomic E-state index is 0.0134. The Morgan fingerprint density at radius 1 is 1.45 bits per heavy atom. The molecule has 0 spiro atoms. The van der Waals surface area contributed by atoms with E-state index in [9.17, 15) is 13.6 Å². The molecule has 0 aliphatic rings. The van der Waals surface area contributed by atoms with Crippen LogP contribution in [0.3, 0.4) is 0 Å². The minimum Gasteiger partial charge on any atom is -0.433 e. The number of urea groups is 1. The van der Waals surface area contributed by atoms with Gasteiger partial charge in [-0.3, -0.25) is 0 Å². The van der Waals surface area contributed by atoms with Crippen molar-refractivity contribution in [3.63, 3.8) is 0 Å². The van der Waals surface area contributed by atoms with E-state index in [2.05, 4.69) is 20.4 Å². The largest absolute Gasteiger partial charge is 0.433 e. The quantitative estimate of drug-likeness (QED) is 0.836. The lowest BCUT2D eigenvalue weighted by Gasteiger charge is -2.10. The fourth-order valence-corrected chi connectivity index (χ4v) is 2.43. The Hall–Kier alpha value is -1.93. The van der Waals surface area contributed by atoms with Crippen molar-refractivity contribution < 1.29 is 18.3 Å². The third-order valence-electron chi connectivity index (χ3n) is 2.56. The molecule has 1 heterocycles. The number of nitrogens with zero attached hydrogens (tertiary/aromatic N) is 1. The van der Waals surface area contributed by atoms with E-state index in [1.807, 2.05) is 5.38 Å². The molecule has 2 aromatic rings. The molecular weight excluding hydrogens is 336 g/mol. The Kier molecular flexibility index (Phi) is 5.91. The second-order valence-corrected chi connectivity index (χ2v) is 5.26. The average Bonchev–Trinajstić information content (AvgIpc) is 2.95. The number of amides is 2. The molecule has 0 aliphatic carbocycles. The summed E-state index contributed by atoms with van der Waals surface area (Å²) >= 11 is 7.28. The van der Waals surface area contributed by atoms with Gasteiger partial charge in [0.05, 0.1) is 16.2 Å². The van der Waals surface area contributed by atoms with E-state index >= 15 is 0 Å². The van der Waals surface area contributed by atoms with Crippen molar-refractivity contribution in [2.45, 2.75) is 13.0 Å². The maximum absolute atomic E-state index is 12.1. The summed E-state index contributed by atoms with van der Waals surface area (Å²) in [5, 5.41) is 7.09. The molecule has 9 heteroatoms. The van der Waals surface area contributed by atoms with Gasteiger partial charge in [0, 0.05) is 24.0 Å². The number of alkyl halides is 2. The molecule has 0 atom stereocenters. The first kappa shape index (κ1) is 16.4. The van der Waals surface area contributed by atoms with Crippen molar-refractivity contribution >= 4 is 34.7 Å². The molecule has 118 valence electrons. The van der Waals surface area contributed by atoms with Crippen LogP contribution in [0.25, 0.3) is 0 Å². The van der Waals surface area contributed by atoms with Gasteiger partial charge in [0.2, 0.25) is 0 Å². The topological polar surface area (TPSA) is 63.2 Å². The van der Waals surface area contributed by atoms with E-state index < -0.39 is 12.6 Å². The van der Waals surface area contributed by atoms with Gasteiger partial charge in [-0.1, -0.05) is 11.6 Å². The van der Waals surface area contributed by atoms with Crippen molar-refractivity contribution in [2.24, 2.45) is 0 Å². The summed E-state index contributed by atoms with van der Waals surface area (Å²) in [6.45, 7) is -2.53. The van der Waals surface area contributed by atoms with Gasteiger partial charge in [-0.15, -0.1) is 11.3 Å². The molecule has 2 rings (SSSR count). The molecule has 0 aliphatic heterocycles. The van der Waals surface area contributed by atoms with Crippen LogP contribution < -0.4 is 15.4 Å². The molecule has 5 nitrogen and oxygen atoms in total. The second kappa shape index (κ2) is 7.90. The van der Waals surface area contributed by atoms with Gasteiger partial charge in [-0.2, -0.15) is 8.78 Å². The van der Waals surface area contributed by atoms with Crippen LogP contribution in [0.15, 0.2) is 29.1 Å². The molecule has 22 heavy (non-hydrogen) atoms. The van der Waals surface area contributed by atoms with Crippen LogP contribution in [-0.2, 0) is 6.42 Å². The zero-order chi connectivity index (χ0) is 15.9. The summed E-state index contributed by atoms with van der Waals surface area (Å²) in [7, 11) is 0. The number of carbonyl (C=O) groups is 1. The Morgan fingerprint density at radius 2 is 2.27 bits per heavy atom. The van der Waals surface area contributed by atoms with Crippen LogP contribution in [0.2, 0.25) is 5.02 Å². The first-order valence-electron chi connectivity index (χ1n) is 6.21. The SMILES string of the molecule is O=C(NCCc1cscn1)Nc1ccc(OC(F)F)c(Cl)c1. The van der Waals surface area contributed by atoms with E-state index in [1.165, 1.54) is 29.5 Å². The molecule has 0 bridgehead atoms. The maximum Gasteiger partial charge on any atom is 0.387 e. The highest BCUT2D eigenvalue weighted by molar-refractivity contribution is 7.07. The molecule has 0 saturated heterocycles. The van der Waals surface area contributed by atoms with Crippen LogP contribution in [0.1, 0.15) is 5.69 Å². The molecular formula is C13H12ClF2N3O2S. The summed E-state index contributed by atoms with van der Waals surface area (Å²) in [6.07, 6.45) is 0.624. The first-order chi connectivity index (χ1) is 10.5. The standard InChI is InChI=1S/C13H12ClF2N3O2S/c14-10-5-8(1-2-11(10)21-12(15)16)19-13(20)17-4-3-9-6-22-7-18-9/h1-2,5-7,12H,3-4H2,(H2,17,19,20). The number of thiazole rings is 1. The highest BCUT2D eigenvalue weighted by atomic mass is 35.5. The van der Waals surface area contributed by atoms with Crippen molar-refractivity contribution in [1.29, 1.82) is 0 Å².